The van der Waals surface area contributed by atoms with Crippen LogP contribution < -0.4 is 10.6 Å². The normalized spacial score (nSPS) is 12.3. The maximum Gasteiger partial charge on any atom is 0.0465 e. The summed E-state index contributed by atoms with van der Waals surface area (Å²) in [7, 11) is 0. The summed E-state index contributed by atoms with van der Waals surface area (Å²) in [6.45, 7) is 9.85. The summed E-state index contributed by atoms with van der Waals surface area (Å²) >= 11 is 0. The summed E-state index contributed by atoms with van der Waals surface area (Å²) < 4.78 is 0. The molecule has 2 N–H and O–H groups in total. The lowest BCUT2D eigenvalue weighted by molar-refractivity contribution is 0.661. The molecule has 0 aliphatic heterocycles. The first-order chi connectivity index (χ1) is 21.4. The number of rotatable bonds is 5. The maximum absolute atomic E-state index is 6.22. The van der Waals surface area contributed by atoms with E-state index in [0.717, 1.165) is 22.7 Å². The van der Waals surface area contributed by atoms with Gasteiger partial charge in [-0.15, -0.1) is 6.58 Å². The van der Waals surface area contributed by atoms with E-state index in [1.54, 1.807) is 6.08 Å². The number of nitrogens with two attached hydrogens (primary N) is 1. The molecular weight excluding hydrogens is 532 g/mol. The van der Waals surface area contributed by atoms with Crippen LogP contribution in [0.15, 0.2) is 158 Å². The molecule has 44 heavy (non-hydrogen) atoms. The molecule has 0 unspecified atom stereocenters. The van der Waals surface area contributed by atoms with Crippen LogP contribution in [0, 0.1) is 0 Å². The predicted octanol–water partition coefficient (Wildman–Crippen LogP) is 11.6. The van der Waals surface area contributed by atoms with Crippen molar-refractivity contribution in [1.82, 2.24) is 0 Å². The Morgan fingerprint density at radius 2 is 0.909 bits per heavy atom. The van der Waals surface area contributed by atoms with E-state index in [1.807, 2.05) is 13.0 Å². The smallest absolute Gasteiger partial charge is 0.0465 e. The summed E-state index contributed by atoms with van der Waals surface area (Å²) in [6, 6.07) is 52.0. The zero-order valence-corrected chi connectivity index (χ0v) is 25.7. The minimum atomic E-state index is -0.143. The van der Waals surface area contributed by atoms with Gasteiger partial charge in [-0.1, -0.05) is 117 Å². The Morgan fingerprint density at radius 1 is 0.523 bits per heavy atom. The van der Waals surface area contributed by atoms with E-state index in [1.165, 1.54) is 44.5 Å². The van der Waals surface area contributed by atoms with E-state index in [4.69, 9.17) is 5.73 Å². The van der Waals surface area contributed by atoms with Crippen molar-refractivity contribution in [2.45, 2.75) is 26.2 Å². The molecule has 7 rings (SSSR count). The minimum Gasteiger partial charge on any atom is -0.399 e. The van der Waals surface area contributed by atoms with Gasteiger partial charge in [-0.2, -0.15) is 0 Å². The molecule has 6 aromatic carbocycles. The van der Waals surface area contributed by atoms with Gasteiger partial charge < -0.3 is 10.6 Å². The van der Waals surface area contributed by atoms with Gasteiger partial charge in [-0.3, -0.25) is 0 Å². The lowest BCUT2D eigenvalue weighted by Gasteiger charge is -2.28. The van der Waals surface area contributed by atoms with Crippen LogP contribution in [0.2, 0.25) is 0 Å². The number of hydrogen-bond donors (Lipinski definition) is 1. The second-order valence-electron chi connectivity index (χ2n) is 11.7. The van der Waals surface area contributed by atoms with Crippen molar-refractivity contribution in [3.8, 4) is 33.4 Å². The SMILES string of the molecule is C=CC.CC1(C)c2cc(N)ccc2-c2ccc(N(c3ccc(-c4ccccc4)cc3)c3ccc(-c4ccccc4)cc3)cc21. The fourth-order valence-corrected chi connectivity index (χ4v) is 6.20. The van der Waals surface area contributed by atoms with Gasteiger partial charge in [0.2, 0.25) is 0 Å². The third-order valence-corrected chi connectivity index (χ3v) is 8.41. The van der Waals surface area contributed by atoms with Crippen molar-refractivity contribution in [3.05, 3.63) is 169 Å². The molecule has 6 aromatic rings. The molecule has 0 saturated heterocycles. The zero-order valence-electron chi connectivity index (χ0n) is 25.7. The average molecular weight is 571 g/mol. The largest absolute Gasteiger partial charge is 0.399 e. The van der Waals surface area contributed by atoms with Crippen molar-refractivity contribution >= 4 is 22.7 Å². The van der Waals surface area contributed by atoms with E-state index in [2.05, 4.69) is 165 Å². The summed E-state index contributed by atoms with van der Waals surface area (Å²) in [5.41, 5.74) is 20.3. The molecule has 1 aliphatic rings. The van der Waals surface area contributed by atoms with E-state index < -0.39 is 0 Å². The van der Waals surface area contributed by atoms with Gasteiger partial charge in [0.15, 0.2) is 0 Å². The first-order valence-corrected chi connectivity index (χ1v) is 15.1. The van der Waals surface area contributed by atoms with Crippen LogP contribution in [0.4, 0.5) is 22.7 Å². The van der Waals surface area contributed by atoms with Gasteiger partial charge in [-0.05, 0) is 100.0 Å². The highest BCUT2D eigenvalue weighted by Crippen LogP contribution is 2.51. The molecule has 216 valence electrons. The highest BCUT2D eigenvalue weighted by Gasteiger charge is 2.36. The molecule has 0 bridgehead atoms. The quantitative estimate of drug-likeness (QED) is 0.165. The zero-order chi connectivity index (χ0) is 30.7. The van der Waals surface area contributed by atoms with Gasteiger partial charge in [0.25, 0.3) is 0 Å². The molecule has 0 radical (unpaired) electrons. The van der Waals surface area contributed by atoms with E-state index in [9.17, 15) is 0 Å². The lowest BCUT2D eigenvalue weighted by Crippen LogP contribution is -2.16. The van der Waals surface area contributed by atoms with Crippen molar-refractivity contribution in [2.24, 2.45) is 0 Å². The van der Waals surface area contributed by atoms with E-state index >= 15 is 0 Å². The fourth-order valence-electron chi connectivity index (χ4n) is 6.20. The highest BCUT2D eigenvalue weighted by molar-refractivity contribution is 5.87. The Kier molecular flexibility index (Phi) is 7.91. The third kappa shape index (κ3) is 5.43. The second-order valence-corrected chi connectivity index (χ2v) is 11.7. The number of nitrogen functional groups attached to an aromatic ring is 1. The topological polar surface area (TPSA) is 29.3 Å². The molecule has 0 fully saturated rings. The fraction of sp³-hybridized carbons (Fsp3) is 0.0952. The van der Waals surface area contributed by atoms with E-state index in [-0.39, 0.29) is 5.41 Å². The van der Waals surface area contributed by atoms with Gasteiger partial charge >= 0.3 is 0 Å². The van der Waals surface area contributed by atoms with Gasteiger partial charge in [0.1, 0.15) is 0 Å². The van der Waals surface area contributed by atoms with Crippen LogP contribution in [0.5, 0.6) is 0 Å². The molecule has 2 nitrogen and oxygen atoms in total. The van der Waals surface area contributed by atoms with Crippen molar-refractivity contribution < 1.29 is 0 Å². The lowest BCUT2D eigenvalue weighted by atomic mass is 9.82. The summed E-state index contributed by atoms with van der Waals surface area (Å²) in [5.74, 6) is 0. The monoisotopic (exact) mass is 570 g/mol. The average Bonchev–Trinajstić information content (AvgIpc) is 3.28. The van der Waals surface area contributed by atoms with Crippen molar-refractivity contribution in [2.75, 3.05) is 10.6 Å². The van der Waals surface area contributed by atoms with Gasteiger partial charge in [-0.25, -0.2) is 0 Å². The number of hydrogen-bond acceptors (Lipinski definition) is 2. The number of nitrogens with zero attached hydrogens (tertiary/aromatic N) is 1. The Hall–Kier alpha value is -5.34. The molecule has 0 aromatic heterocycles. The number of fused-ring (bicyclic) bond motifs is 3. The number of anilines is 4. The van der Waals surface area contributed by atoms with E-state index in [0.29, 0.717) is 0 Å². The molecule has 2 heteroatoms. The van der Waals surface area contributed by atoms with Crippen LogP contribution in [-0.4, -0.2) is 0 Å². The number of allylic oxidation sites excluding steroid dienone is 1. The minimum absolute atomic E-state index is 0.143. The molecule has 1 aliphatic carbocycles. The Balaban J connectivity index is 0.00000110. The molecule has 0 spiro atoms. The standard InChI is InChI=1S/C39H32N2.C3H6/c1-39(2)37-25-31(40)17-23-35(37)36-24-22-34(26-38(36)39)41(32-18-13-29(14-19-32)27-9-5-3-6-10-27)33-20-15-30(16-21-33)28-11-7-4-8-12-28;1-3-2/h3-26H,40H2,1-2H3;3H,1H2,2H3. The predicted molar refractivity (Wildman–Crippen MR) is 190 cm³/mol. The molecule has 0 atom stereocenters. The van der Waals surface area contributed by atoms with Crippen LogP contribution in [-0.2, 0) is 5.41 Å². The summed E-state index contributed by atoms with van der Waals surface area (Å²) in [4.78, 5) is 2.36. The Labute approximate surface area is 261 Å². The molecule has 0 heterocycles. The van der Waals surface area contributed by atoms with Gasteiger partial charge in [0.05, 0.1) is 0 Å². The van der Waals surface area contributed by atoms with Gasteiger partial charge in [0, 0.05) is 28.2 Å². The summed E-state index contributed by atoms with van der Waals surface area (Å²) in [6.07, 6.45) is 1.75. The van der Waals surface area contributed by atoms with Crippen LogP contribution >= 0.6 is 0 Å². The van der Waals surface area contributed by atoms with Crippen molar-refractivity contribution in [3.63, 3.8) is 0 Å². The maximum atomic E-state index is 6.22. The Bertz CT molecular complexity index is 1800. The first kappa shape index (κ1) is 28.8. The molecule has 0 amide bonds. The highest BCUT2D eigenvalue weighted by atomic mass is 15.1. The van der Waals surface area contributed by atoms with Crippen LogP contribution in [0.3, 0.4) is 0 Å². The third-order valence-electron chi connectivity index (χ3n) is 8.41. The Morgan fingerprint density at radius 3 is 1.39 bits per heavy atom. The van der Waals surface area contributed by atoms with Crippen LogP contribution in [0.25, 0.3) is 33.4 Å². The van der Waals surface area contributed by atoms with Crippen molar-refractivity contribution in [1.29, 1.82) is 0 Å². The second kappa shape index (κ2) is 12.1. The molecular formula is C42H38N2. The number of benzene rings is 6. The summed E-state index contributed by atoms with van der Waals surface area (Å²) in [5, 5.41) is 0. The first-order valence-electron chi connectivity index (χ1n) is 15.1. The van der Waals surface area contributed by atoms with Crippen LogP contribution in [0.1, 0.15) is 31.9 Å². The molecule has 0 saturated carbocycles.